The number of H-pyrrole nitrogens is 1. The highest BCUT2D eigenvalue weighted by Crippen LogP contribution is 2.05. The molecule has 72 valence electrons. The lowest BCUT2D eigenvalue weighted by atomic mass is 10.2. The van der Waals surface area contributed by atoms with Crippen molar-refractivity contribution >= 4 is 24.8 Å². The van der Waals surface area contributed by atoms with Crippen LogP contribution in [0.5, 0.6) is 0 Å². The molecule has 0 amide bonds. The van der Waals surface area contributed by atoms with Crippen LogP contribution in [0.4, 0.5) is 0 Å². The Labute approximate surface area is 83.6 Å². The molecular formula is C6H13Cl2N3O. The Bertz CT molecular complexity index is 181. The molecule has 0 fully saturated rings. The first-order valence-electron chi connectivity index (χ1n) is 3.16. The standard InChI is InChI=1S/C6H11N3O.2ClH/c1-7-4-6(10)5-2-3-8-9-5;;/h2-3,6-7,10H,4H2,1H3,(H,8,9);2*1H. The van der Waals surface area contributed by atoms with Crippen LogP contribution < -0.4 is 5.32 Å². The molecule has 3 N–H and O–H groups in total. The molecule has 0 spiro atoms. The zero-order valence-corrected chi connectivity index (χ0v) is 8.28. The molecule has 0 aromatic carbocycles. The number of aliphatic hydroxyl groups excluding tert-OH is 1. The van der Waals surface area contributed by atoms with Gasteiger partial charge in [0, 0.05) is 12.7 Å². The third kappa shape index (κ3) is 3.92. The monoisotopic (exact) mass is 213 g/mol. The van der Waals surface area contributed by atoms with E-state index < -0.39 is 6.10 Å². The van der Waals surface area contributed by atoms with Crippen LogP contribution in [0.1, 0.15) is 11.8 Å². The third-order valence-corrected chi connectivity index (χ3v) is 1.28. The molecule has 0 saturated carbocycles. The van der Waals surface area contributed by atoms with E-state index in [-0.39, 0.29) is 24.8 Å². The van der Waals surface area contributed by atoms with Gasteiger partial charge in [-0.3, -0.25) is 5.10 Å². The minimum absolute atomic E-state index is 0. The van der Waals surface area contributed by atoms with Crippen molar-refractivity contribution in [3.05, 3.63) is 18.0 Å². The Morgan fingerprint density at radius 1 is 1.67 bits per heavy atom. The fourth-order valence-corrected chi connectivity index (χ4v) is 0.756. The highest BCUT2D eigenvalue weighted by molar-refractivity contribution is 5.85. The van der Waals surface area contributed by atoms with E-state index in [1.807, 2.05) is 0 Å². The summed E-state index contributed by atoms with van der Waals surface area (Å²) in [6.07, 6.45) is 1.14. The molecule has 1 rings (SSSR count). The van der Waals surface area contributed by atoms with Crippen molar-refractivity contribution in [2.75, 3.05) is 13.6 Å². The molecule has 12 heavy (non-hydrogen) atoms. The number of halogens is 2. The van der Waals surface area contributed by atoms with Crippen molar-refractivity contribution in [2.24, 2.45) is 0 Å². The fourth-order valence-electron chi connectivity index (χ4n) is 0.756. The van der Waals surface area contributed by atoms with Crippen LogP contribution >= 0.6 is 24.8 Å². The number of aromatic amines is 1. The van der Waals surface area contributed by atoms with Crippen LogP contribution in [0.25, 0.3) is 0 Å². The predicted molar refractivity (Wildman–Crippen MR) is 52.0 cm³/mol. The van der Waals surface area contributed by atoms with Crippen molar-refractivity contribution in [3.8, 4) is 0 Å². The van der Waals surface area contributed by atoms with E-state index in [1.165, 1.54) is 0 Å². The van der Waals surface area contributed by atoms with Crippen molar-refractivity contribution in [2.45, 2.75) is 6.10 Å². The lowest BCUT2D eigenvalue weighted by Gasteiger charge is -2.05. The molecule has 1 aromatic heterocycles. The summed E-state index contributed by atoms with van der Waals surface area (Å²) >= 11 is 0. The summed E-state index contributed by atoms with van der Waals surface area (Å²) in [6, 6.07) is 1.75. The normalized spacial score (nSPS) is 11.2. The molecule has 1 atom stereocenters. The molecule has 0 radical (unpaired) electrons. The van der Waals surface area contributed by atoms with Crippen LogP contribution in [0, 0.1) is 0 Å². The largest absolute Gasteiger partial charge is 0.385 e. The van der Waals surface area contributed by atoms with Gasteiger partial charge >= 0.3 is 0 Å². The number of aromatic nitrogens is 2. The van der Waals surface area contributed by atoms with E-state index in [0.29, 0.717) is 6.54 Å². The smallest absolute Gasteiger partial charge is 0.108 e. The van der Waals surface area contributed by atoms with Crippen molar-refractivity contribution in [3.63, 3.8) is 0 Å². The second-order valence-electron chi connectivity index (χ2n) is 2.09. The number of nitrogens with one attached hydrogen (secondary N) is 2. The van der Waals surface area contributed by atoms with E-state index in [2.05, 4.69) is 15.5 Å². The Morgan fingerprint density at radius 2 is 2.33 bits per heavy atom. The maximum Gasteiger partial charge on any atom is 0.108 e. The summed E-state index contributed by atoms with van der Waals surface area (Å²) < 4.78 is 0. The Balaban J connectivity index is 0. The Hall–Kier alpha value is -0.290. The zero-order valence-electron chi connectivity index (χ0n) is 6.65. The van der Waals surface area contributed by atoms with Gasteiger partial charge in [-0.1, -0.05) is 0 Å². The quantitative estimate of drug-likeness (QED) is 0.686. The third-order valence-electron chi connectivity index (χ3n) is 1.28. The number of likely N-dealkylation sites (N-methyl/N-ethyl adjacent to an activating group) is 1. The van der Waals surface area contributed by atoms with Crippen LogP contribution in [0.15, 0.2) is 12.3 Å². The summed E-state index contributed by atoms with van der Waals surface area (Å²) in [5.41, 5.74) is 0.745. The van der Waals surface area contributed by atoms with Crippen molar-refractivity contribution in [1.29, 1.82) is 0 Å². The number of rotatable bonds is 3. The molecular weight excluding hydrogens is 201 g/mol. The molecule has 1 heterocycles. The molecule has 4 nitrogen and oxygen atoms in total. The molecule has 0 aliphatic heterocycles. The summed E-state index contributed by atoms with van der Waals surface area (Å²) in [5.74, 6) is 0. The number of aliphatic hydroxyl groups is 1. The number of nitrogens with zero attached hydrogens (tertiary/aromatic N) is 1. The summed E-state index contributed by atoms with van der Waals surface area (Å²) in [7, 11) is 1.79. The summed E-state index contributed by atoms with van der Waals surface area (Å²) in [5, 5.41) is 18.5. The molecule has 0 saturated heterocycles. The fraction of sp³-hybridized carbons (Fsp3) is 0.500. The van der Waals surface area contributed by atoms with E-state index in [0.717, 1.165) is 5.69 Å². The van der Waals surface area contributed by atoms with Gasteiger partial charge in [-0.05, 0) is 13.1 Å². The van der Waals surface area contributed by atoms with Crippen LogP contribution in [0.3, 0.4) is 0 Å². The van der Waals surface area contributed by atoms with Gasteiger partial charge in [0.2, 0.25) is 0 Å². The second kappa shape index (κ2) is 7.36. The highest BCUT2D eigenvalue weighted by Gasteiger charge is 2.05. The van der Waals surface area contributed by atoms with Gasteiger partial charge in [-0.15, -0.1) is 24.8 Å². The average Bonchev–Trinajstić information content (AvgIpc) is 2.38. The molecule has 1 aromatic rings. The van der Waals surface area contributed by atoms with E-state index in [4.69, 9.17) is 0 Å². The first-order valence-corrected chi connectivity index (χ1v) is 3.16. The predicted octanol–water partition coefficient (Wildman–Crippen LogP) is 0.506. The van der Waals surface area contributed by atoms with Crippen LogP contribution in [-0.4, -0.2) is 28.9 Å². The van der Waals surface area contributed by atoms with Gasteiger partial charge in [-0.2, -0.15) is 5.10 Å². The minimum Gasteiger partial charge on any atom is -0.385 e. The molecule has 1 unspecified atom stereocenters. The number of hydrogen-bond acceptors (Lipinski definition) is 3. The molecule has 0 bridgehead atoms. The molecule has 6 heteroatoms. The van der Waals surface area contributed by atoms with Crippen LogP contribution in [-0.2, 0) is 0 Å². The van der Waals surface area contributed by atoms with Gasteiger partial charge < -0.3 is 10.4 Å². The maximum atomic E-state index is 9.28. The first kappa shape index (κ1) is 14.2. The van der Waals surface area contributed by atoms with Gasteiger partial charge in [0.15, 0.2) is 0 Å². The van der Waals surface area contributed by atoms with Gasteiger partial charge in [-0.25, -0.2) is 0 Å². The highest BCUT2D eigenvalue weighted by atomic mass is 35.5. The van der Waals surface area contributed by atoms with Gasteiger partial charge in [0.05, 0.1) is 5.69 Å². The summed E-state index contributed by atoms with van der Waals surface area (Å²) in [6.45, 7) is 0.544. The molecule has 0 aliphatic carbocycles. The Morgan fingerprint density at radius 3 is 2.75 bits per heavy atom. The first-order chi connectivity index (χ1) is 4.84. The maximum absolute atomic E-state index is 9.28. The van der Waals surface area contributed by atoms with Crippen LogP contribution in [0.2, 0.25) is 0 Å². The van der Waals surface area contributed by atoms with Crippen molar-refractivity contribution < 1.29 is 5.11 Å². The lowest BCUT2D eigenvalue weighted by molar-refractivity contribution is 0.173. The van der Waals surface area contributed by atoms with E-state index >= 15 is 0 Å². The topological polar surface area (TPSA) is 60.9 Å². The second-order valence-corrected chi connectivity index (χ2v) is 2.09. The van der Waals surface area contributed by atoms with Gasteiger partial charge in [0.1, 0.15) is 6.10 Å². The van der Waals surface area contributed by atoms with E-state index in [9.17, 15) is 5.11 Å². The van der Waals surface area contributed by atoms with Crippen molar-refractivity contribution in [1.82, 2.24) is 15.5 Å². The van der Waals surface area contributed by atoms with E-state index in [1.54, 1.807) is 19.3 Å². The lowest BCUT2D eigenvalue weighted by Crippen LogP contribution is -2.16. The average molecular weight is 214 g/mol. The minimum atomic E-state index is -0.479. The number of hydrogen-bond donors (Lipinski definition) is 3. The Kier molecular flexibility index (Phi) is 8.74. The van der Waals surface area contributed by atoms with Gasteiger partial charge in [0.25, 0.3) is 0 Å². The molecule has 0 aliphatic rings. The SMILES string of the molecule is CNCC(O)c1ccn[nH]1.Cl.Cl. The summed E-state index contributed by atoms with van der Waals surface area (Å²) in [4.78, 5) is 0. The zero-order chi connectivity index (χ0) is 7.40.